The highest BCUT2D eigenvalue weighted by molar-refractivity contribution is 8.03. The van der Waals surface area contributed by atoms with Gasteiger partial charge in [0, 0.05) is 17.1 Å². The molecule has 2 aromatic carbocycles. The van der Waals surface area contributed by atoms with Crippen molar-refractivity contribution in [3.63, 3.8) is 0 Å². The zero-order chi connectivity index (χ0) is 25.7. The molecule has 0 aliphatic carbocycles. The number of dihydropyridines is 1. The van der Waals surface area contributed by atoms with Crippen molar-refractivity contribution in [3.8, 4) is 6.07 Å². The highest BCUT2D eigenvalue weighted by atomic mass is 32.2. The Kier molecular flexibility index (Phi) is 7.56. The third-order valence-electron chi connectivity index (χ3n) is 5.47. The summed E-state index contributed by atoms with van der Waals surface area (Å²) in [4.78, 5) is 25.9. The van der Waals surface area contributed by atoms with Crippen molar-refractivity contribution in [2.24, 2.45) is 0 Å². The summed E-state index contributed by atoms with van der Waals surface area (Å²) in [5.41, 5.74) is 3.26. The molecule has 1 aliphatic rings. The van der Waals surface area contributed by atoms with E-state index in [0.717, 1.165) is 17.3 Å². The first-order valence-corrected chi connectivity index (χ1v) is 12.1. The van der Waals surface area contributed by atoms with E-state index < -0.39 is 11.7 Å². The van der Waals surface area contributed by atoms with Gasteiger partial charge in [-0.2, -0.15) is 5.26 Å². The van der Waals surface area contributed by atoms with Crippen molar-refractivity contribution in [2.75, 3.05) is 16.4 Å². The van der Waals surface area contributed by atoms with Crippen LogP contribution in [0.5, 0.6) is 0 Å². The van der Waals surface area contributed by atoms with Gasteiger partial charge in [-0.15, -0.1) is 0 Å². The fourth-order valence-electron chi connectivity index (χ4n) is 3.86. The van der Waals surface area contributed by atoms with Crippen molar-refractivity contribution in [2.45, 2.75) is 19.8 Å². The number of hydrogen-bond acceptors (Lipinski definition) is 6. The minimum atomic E-state index is -0.751. The molecule has 0 bridgehead atoms. The van der Waals surface area contributed by atoms with Crippen LogP contribution in [0.3, 0.4) is 0 Å². The summed E-state index contributed by atoms with van der Waals surface area (Å²) >= 11 is 1.14. The third-order valence-corrected chi connectivity index (χ3v) is 6.49. The number of allylic oxidation sites excluding steroid dienone is 2. The van der Waals surface area contributed by atoms with Gasteiger partial charge >= 0.3 is 0 Å². The van der Waals surface area contributed by atoms with Gasteiger partial charge in [0.1, 0.15) is 11.6 Å². The number of amides is 2. The van der Waals surface area contributed by atoms with E-state index in [1.807, 2.05) is 25.1 Å². The molecule has 1 unspecified atom stereocenters. The number of benzene rings is 2. The maximum absolute atomic E-state index is 13.4. The smallest absolute Gasteiger partial charge is 0.254 e. The number of hydrogen-bond donors (Lipinski definition) is 3. The van der Waals surface area contributed by atoms with Crippen LogP contribution in [0, 0.1) is 24.1 Å². The zero-order valence-corrected chi connectivity index (χ0v) is 20.4. The standard InChI is InChI=1S/C27H23FN4O3S/c1-16-5-3-6-20(13-16)32-26(34)24-17(2)30-27(21(14-29)25(24)22-7-4-12-35-22)36-15-23(33)31-19-10-8-18(28)9-11-19/h3-13,25,30H,15H2,1-2H3,(H,31,33)(H,32,34). The molecule has 0 fully saturated rings. The molecule has 3 N–H and O–H groups in total. The zero-order valence-electron chi connectivity index (χ0n) is 19.6. The second kappa shape index (κ2) is 11.0. The topological polar surface area (TPSA) is 107 Å². The molecule has 0 saturated carbocycles. The summed E-state index contributed by atoms with van der Waals surface area (Å²) in [6, 6.07) is 18.5. The maximum Gasteiger partial charge on any atom is 0.254 e. The number of carbonyl (C=O) groups is 2. The Morgan fingerprint density at radius 2 is 1.86 bits per heavy atom. The first-order chi connectivity index (χ1) is 17.4. The third kappa shape index (κ3) is 5.67. The summed E-state index contributed by atoms with van der Waals surface area (Å²) in [5.74, 6) is -1.40. The van der Waals surface area contributed by atoms with Crippen LogP contribution in [0.2, 0.25) is 0 Å². The number of thioether (sulfide) groups is 1. The second-order valence-electron chi connectivity index (χ2n) is 8.13. The van der Waals surface area contributed by atoms with Crippen LogP contribution in [-0.2, 0) is 9.59 Å². The number of furan rings is 1. The van der Waals surface area contributed by atoms with Gasteiger partial charge in [-0.3, -0.25) is 9.59 Å². The molecule has 3 aromatic rings. The SMILES string of the molecule is CC1=C(C(=O)Nc2cccc(C)c2)C(c2ccco2)C(C#N)=C(SCC(=O)Nc2ccc(F)cc2)N1. The minimum absolute atomic E-state index is 0.00608. The molecular weight excluding hydrogens is 479 g/mol. The van der Waals surface area contributed by atoms with E-state index in [-0.39, 0.29) is 23.1 Å². The number of nitrogens with zero attached hydrogens (tertiary/aromatic N) is 1. The lowest BCUT2D eigenvalue weighted by Crippen LogP contribution is -2.31. The number of nitriles is 1. The van der Waals surface area contributed by atoms with Gasteiger partial charge in [0.2, 0.25) is 5.91 Å². The highest BCUT2D eigenvalue weighted by Crippen LogP contribution is 2.41. The van der Waals surface area contributed by atoms with Gasteiger partial charge in [-0.25, -0.2) is 4.39 Å². The molecule has 7 nitrogen and oxygen atoms in total. The molecule has 0 saturated heterocycles. The van der Waals surface area contributed by atoms with Crippen molar-refractivity contribution in [3.05, 3.63) is 106 Å². The number of aryl methyl sites for hydroxylation is 1. The van der Waals surface area contributed by atoms with Gasteiger partial charge < -0.3 is 20.4 Å². The van der Waals surface area contributed by atoms with Crippen molar-refractivity contribution >= 4 is 35.0 Å². The number of rotatable bonds is 7. The van der Waals surface area contributed by atoms with Crippen molar-refractivity contribution in [1.29, 1.82) is 5.26 Å². The van der Waals surface area contributed by atoms with Crippen LogP contribution < -0.4 is 16.0 Å². The van der Waals surface area contributed by atoms with Gasteiger partial charge in [0.25, 0.3) is 5.91 Å². The first kappa shape index (κ1) is 24.8. The number of carbonyl (C=O) groups excluding carboxylic acids is 2. The molecular formula is C27H23FN4O3S. The van der Waals surface area contributed by atoms with Crippen molar-refractivity contribution in [1.82, 2.24) is 5.32 Å². The van der Waals surface area contributed by atoms with E-state index >= 15 is 0 Å². The molecule has 182 valence electrons. The van der Waals surface area contributed by atoms with E-state index in [4.69, 9.17) is 4.42 Å². The van der Waals surface area contributed by atoms with E-state index in [1.54, 1.807) is 25.1 Å². The summed E-state index contributed by atoms with van der Waals surface area (Å²) in [5, 5.41) is 19.3. The predicted molar refractivity (Wildman–Crippen MR) is 137 cm³/mol. The Balaban J connectivity index is 1.57. The largest absolute Gasteiger partial charge is 0.468 e. The lowest BCUT2D eigenvalue weighted by Gasteiger charge is -2.28. The summed E-state index contributed by atoms with van der Waals surface area (Å²) in [6.45, 7) is 3.68. The fourth-order valence-corrected chi connectivity index (χ4v) is 4.75. The minimum Gasteiger partial charge on any atom is -0.468 e. The number of nitrogens with one attached hydrogen (secondary N) is 3. The molecule has 36 heavy (non-hydrogen) atoms. The Morgan fingerprint density at radius 3 is 2.53 bits per heavy atom. The summed E-state index contributed by atoms with van der Waals surface area (Å²) in [7, 11) is 0. The van der Waals surface area contributed by atoms with E-state index in [9.17, 15) is 19.2 Å². The van der Waals surface area contributed by atoms with Crippen LogP contribution >= 0.6 is 11.8 Å². The second-order valence-corrected chi connectivity index (χ2v) is 9.12. The molecule has 0 radical (unpaired) electrons. The van der Waals surface area contributed by atoms with E-state index in [2.05, 4.69) is 22.0 Å². The average Bonchev–Trinajstić information content (AvgIpc) is 3.38. The molecule has 9 heteroatoms. The quantitative estimate of drug-likeness (QED) is 0.398. The van der Waals surface area contributed by atoms with Crippen LogP contribution in [0.25, 0.3) is 0 Å². The van der Waals surface area contributed by atoms with Crippen LogP contribution in [0.1, 0.15) is 24.2 Å². The highest BCUT2D eigenvalue weighted by Gasteiger charge is 2.36. The molecule has 2 amide bonds. The average molecular weight is 503 g/mol. The molecule has 4 rings (SSSR count). The molecule has 2 heterocycles. The summed E-state index contributed by atoms with van der Waals surface area (Å²) < 4.78 is 18.7. The van der Waals surface area contributed by atoms with Crippen molar-refractivity contribution < 1.29 is 18.4 Å². The molecule has 1 aliphatic heterocycles. The normalized spacial score (nSPS) is 15.2. The van der Waals surface area contributed by atoms with Gasteiger partial charge in [-0.05, 0) is 67.9 Å². The number of anilines is 2. The van der Waals surface area contributed by atoms with Gasteiger partial charge in [0.05, 0.1) is 40.2 Å². The first-order valence-electron chi connectivity index (χ1n) is 11.1. The Morgan fingerprint density at radius 1 is 1.08 bits per heavy atom. The molecule has 1 atom stereocenters. The van der Waals surface area contributed by atoms with E-state index in [0.29, 0.717) is 33.4 Å². The lowest BCUT2D eigenvalue weighted by atomic mass is 9.85. The predicted octanol–water partition coefficient (Wildman–Crippen LogP) is 5.43. The lowest BCUT2D eigenvalue weighted by molar-refractivity contribution is -0.114. The van der Waals surface area contributed by atoms with E-state index in [1.165, 1.54) is 30.5 Å². The maximum atomic E-state index is 13.4. The Bertz CT molecular complexity index is 1390. The van der Waals surface area contributed by atoms with Crippen LogP contribution in [0.4, 0.5) is 15.8 Å². The fraction of sp³-hybridized carbons (Fsp3) is 0.148. The number of halogens is 1. The van der Waals surface area contributed by atoms with Gasteiger partial charge in [-0.1, -0.05) is 23.9 Å². The van der Waals surface area contributed by atoms with Crippen LogP contribution in [0.15, 0.2) is 93.2 Å². The monoisotopic (exact) mass is 502 g/mol. The molecule has 1 aromatic heterocycles. The van der Waals surface area contributed by atoms with Gasteiger partial charge in [0.15, 0.2) is 0 Å². The summed E-state index contributed by atoms with van der Waals surface area (Å²) in [6.07, 6.45) is 1.49. The Labute approximate surface area is 212 Å². The molecule has 0 spiro atoms. The Hall–Kier alpha value is -4.29. The van der Waals surface area contributed by atoms with Crippen LogP contribution in [-0.4, -0.2) is 17.6 Å².